The Hall–Kier alpha value is -3.20. The van der Waals surface area contributed by atoms with Crippen LogP contribution in [0.3, 0.4) is 0 Å². The van der Waals surface area contributed by atoms with Crippen molar-refractivity contribution >= 4 is 40.2 Å². The number of anilines is 1. The van der Waals surface area contributed by atoms with Gasteiger partial charge in [0.1, 0.15) is 6.54 Å². The summed E-state index contributed by atoms with van der Waals surface area (Å²) in [7, 11) is 2.99. The molecule has 2 aromatic heterocycles. The highest BCUT2D eigenvalue weighted by molar-refractivity contribution is 6.30. The van der Waals surface area contributed by atoms with Gasteiger partial charge in [-0.1, -0.05) is 11.6 Å². The van der Waals surface area contributed by atoms with Gasteiger partial charge in [0, 0.05) is 24.7 Å². The monoisotopic (exact) mass is 414 g/mol. The maximum atomic E-state index is 12.8. The Morgan fingerprint density at radius 3 is 2.45 bits per heavy atom. The topological polar surface area (TPSA) is 94.5 Å². The predicted molar refractivity (Wildman–Crippen MR) is 111 cm³/mol. The third kappa shape index (κ3) is 2.89. The average molecular weight is 415 g/mol. The molecule has 1 unspecified atom stereocenters. The van der Waals surface area contributed by atoms with Crippen LogP contribution in [-0.4, -0.2) is 36.7 Å². The fourth-order valence-electron chi connectivity index (χ4n) is 3.43. The number of benzene rings is 1. The van der Waals surface area contributed by atoms with E-state index in [0.29, 0.717) is 22.1 Å². The fourth-order valence-corrected chi connectivity index (χ4v) is 3.55. The van der Waals surface area contributed by atoms with Crippen molar-refractivity contribution < 1.29 is 4.79 Å². The second-order valence-corrected chi connectivity index (χ2v) is 7.50. The molecule has 29 heavy (non-hydrogen) atoms. The maximum Gasteiger partial charge on any atom is 0.332 e. The van der Waals surface area contributed by atoms with E-state index in [1.807, 2.05) is 13.8 Å². The van der Waals surface area contributed by atoms with Crippen molar-refractivity contribution in [2.24, 2.45) is 19.2 Å². The summed E-state index contributed by atoms with van der Waals surface area (Å²) in [6.07, 6.45) is 0. The van der Waals surface area contributed by atoms with Gasteiger partial charge < -0.3 is 0 Å². The minimum atomic E-state index is -0.466. The molecule has 0 aliphatic carbocycles. The Morgan fingerprint density at radius 1 is 1.14 bits per heavy atom. The first-order valence-corrected chi connectivity index (χ1v) is 9.38. The highest BCUT2D eigenvalue weighted by Gasteiger charge is 2.31. The van der Waals surface area contributed by atoms with E-state index in [0.717, 1.165) is 10.3 Å². The summed E-state index contributed by atoms with van der Waals surface area (Å²) in [6.45, 7) is 3.65. The van der Waals surface area contributed by atoms with E-state index in [9.17, 15) is 14.4 Å². The number of aryl methyl sites for hydroxylation is 1. The summed E-state index contributed by atoms with van der Waals surface area (Å²) in [5, 5.41) is 6.52. The highest BCUT2D eigenvalue weighted by Crippen LogP contribution is 2.29. The minimum absolute atomic E-state index is 0.0662. The molecule has 1 aromatic carbocycles. The zero-order valence-corrected chi connectivity index (χ0v) is 17.1. The SMILES string of the molecule is CC1=NN(CC(=O)c2ccc(Cl)cc2)c2nc3c(c(=O)n(C)c(=O)n3C)n2C1C. The van der Waals surface area contributed by atoms with Gasteiger partial charge in [-0.15, -0.1) is 0 Å². The molecule has 9 nitrogen and oxygen atoms in total. The summed E-state index contributed by atoms with van der Waals surface area (Å²) in [4.78, 5) is 42.4. The zero-order valence-electron chi connectivity index (χ0n) is 16.4. The predicted octanol–water partition coefficient (Wildman–Crippen LogP) is 1.73. The number of hydrogen-bond acceptors (Lipinski definition) is 6. The van der Waals surface area contributed by atoms with Gasteiger partial charge in [-0.2, -0.15) is 10.1 Å². The first-order valence-electron chi connectivity index (χ1n) is 9.00. The van der Waals surface area contributed by atoms with E-state index < -0.39 is 11.2 Å². The molecule has 4 rings (SSSR count). The van der Waals surface area contributed by atoms with Crippen molar-refractivity contribution in [3.8, 4) is 0 Å². The minimum Gasteiger partial charge on any atom is -0.294 e. The molecule has 1 aliphatic rings. The Morgan fingerprint density at radius 2 is 1.79 bits per heavy atom. The van der Waals surface area contributed by atoms with Gasteiger partial charge in [-0.05, 0) is 38.1 Å². The van der Waals surface area contributed by atoms with Crippen molar-refractivity contribution in [2.75, 3.05) is 11.6 Å². The Balaban J connectivity index is 1.87. The van der Waals surface area contributed by atoms with Gasteiger partial charge in [0.15, 0.2) is 16.9 Å². The van der Waals surface area contributed by atoms with E-state index in [1.54, 1.807) is 35.9 Å². The molecule has 1 aliphatic heterocycles. The van der Waals surface area contributed by atoms with E-state index in [4.69, 9.17) is 11.6 Å². The van der Waals surface area contributed by atoms with E-state index in [-0.39, 0.29) is 24.0 Å². The standard InChI is InChI=1S/C19H19ClN6O3/c1-10-11(2)26-15-16(23(3)19(29)24(4)17(15)28)21-18(26)25(22-10)9-14(27)12-5-7-13(20)8-6-12/h5-8,11H,9H2,1-4H3. The number of Topliss-reactive ketones (excluding diaryl/α,β-unsaturated/α-hetero) is 1. The number of ketones is 1. The third-order valence-corrected chi connectivity index (χ3v) is 5.49. The molecule has 0 fully saturated rings. The molecule has 3 heterocycles. The van der Waals surface area contributed by atoms with E-state index in [1.165, 1.54) is 16.6 Å². The summed E-state index contributed by atoms with van der Waals surface area (Å²) in [5.74, 6) is 0.173. The molecule has 0 bridgehead atoms. The molecule has 1 atom stereocenters. The number of hydrogen-bond donors (Lipinski definition) is 0. The molecule has 0 amide bonds. The number of halogens is 1. The second kappa shape index (κ2) is 6.70. The van der Waals surface area contributed by atoms with Crippen LogP contribution >= 0.6 is 11.6 Å². The Kier molecular flexibility index (Phi) is 4.42. The summed E-state index contributed by atoms with van der Waals surface area (Å²) < 4.78 is 4.10. The average Bonchev–Trinajstić information content (AvgIpc) is 3.10. The zero-order chi connectivity index (χ0) is 21.0. The highest BCUT2D eigenvalue weighted by atomic mass is 35.5. The number of fused-ring (bicyclic) bond motifs is 3. The van der Waals surface area contributed by atoms with Crippen molar-refractivity contribution in [1.29, 1.82) is 0 Å². The summed E-state index contributed by atoms with van der Waals surface area (Å²) in [6, 6.07) is 6.35. The number of aromatic nitrogens is 4. The molecule has 10 heteroatoms. The molecule has 0 spiro atoms. The Labute approximate surface area is 170 Å². The molecular formula is C19H19ClN6O3. The molecule has 0 N–H and O–H groups in total. The van der Waals surface area contributed by atoms with Gasteiger partial charge in [0.2, 0.25) is 5.95 Å². The van der Waals surface area contributed by atoms with Crippen LogP contribution in [0.25, 0.3) is 11.2 Å². The first kappa shape index (κ1) is 19.1. The molecular weight excluding hydrogens is 396 g/mol. The van der Waals surface area contributed by atoms with Gasteiger partial charge in [-0.25, -0.2) is 9.80 Å². The lowest BCUT2D eigenvalue weighted by molar-refractivity contribution is 0.0998. The van der Waals surface area contributed by atoms with Crippen molar-refractivity contribution in [3.05, 3.63) is 55.7 Å². The molecule has 0 radical (unpaired) electrons. The van der Waals surface area contributed by atoms with Crippen LogP contribution < -0.4 is 16.3 Å². The molecule has 0 saturated carbocycles. The number of imidazole rings is 1. The van der Waals surface area contributed by atoms with E-state index >= 15 is 0 Å². The normalized spacial score (nSPS) is 16.1. The third-order valence-electron chi connectivity index (χ3n) is 5.23. The molecule has 3 aromatic rings. The van der Waals surface area contributed by atoms with Crippen molar-refractivity contribution in [3.63, 3.8) is 0 Å². The quantitative estimate of drug-likeness (QED) is 0.608. The van der Waals surface area contributed by atoms with Crippen molar-refractivity contribution in [1.82, 2.24) is 18.7 Å². The number of carbonyl (C=O) groups is 1. The molecule has 0 saturated heterocycles. The molecule has 150 valence electrons. The van der Waals surface area contributed by atoms with Gasteiger partial charge in [-0.3, -0.25) is 23.3 Å². The van der Waals surface area contributed by atoms with Gasteiger partial charge in [0.05, 0.1) is 11.8 Å². The smallest absolute Gasteiger partial charge is 0.294 e. The number of rotatable bonds is 3. The van der Waals surface area contributed by atoms with E-state index in [2.05, 4.69) is 10.1 Å². The van der Waals surface area contributed by atoms with Crippen LogP contribution in [0.4, 0.5) is 5.95 Å². The van der Waals surface area contributed by atoms with Gasteiger partial charge in [0.25, 0.3) is 5.56 Å². The van der Waals surface area contributed by atoms with Crippen LogP contribution in [0.5, 0.6) is 0 Å². The first-order chi connectivity index (χ1) is 13.7. The maximum absolute atomic E-state index is 12.8. The second-order valence-electron chi connectivity index (χ2n) is 7.06. The lowest BCUT2D eigenvalue weighted by Gasteiger charge is -2.28. The van der Waals surface area contributed by atoms with Crippen molar-refractivity contribution in [2.45, 2.75) is 19.9 Å². The largest absolute Gasteiger partial charge is 0.332 e. The van der Waals surface area contributed by atoms with Crippen LogP contribution in [0.15, 0.2) is 39.0 Å². The fraction of sp³-hybridized carbons (Fsp3) is 0.316. The van der Waals surface area contributed by atoms with Crippen LogP contribution in [0.2, 0.25) is 5.02 Å². The summed E-state index contributed by atoms with van der Waals surface area (Å²) in [5.41, 5.74) is 0.868. The number of carbonyl (C=O) groups excluding carboxylic acids is 1. The van der Waals surface area contributed by atoms with Crippen LogP contribution in [0.1, 0.15) is 30.2 Å². The van der Waals surface area contributed by atoms with Crippen LogP contribution in [-0.2, 0) is 14.1 Å². The Bertz CT molecular complexity index is 1300. The lowest BCUT2D eigenvalue weighted by atomic mass is 10.1. The van der Waals surface area contributed by atoms with Crippen LogP contribution in [0, 0.1) is 0 Å². The lowest BCUT2D eigenvalue weighted by Crippen LogP contribution is -2.39. The summed E-state index contributed by atoms with van der Waals surface area (Å²) >= 11 is 5.89. The number of nitrogens with zero attached hydrogens (tertiary/aromatic N) is 6. The van der Waals surface area contributed by atoms with Gasteiger partial charge >= 0.3 is 5.69 Å². The number of hydrazone groups is 1.